The van der Waals surface area contributed by atoms with Crippen LogP contribution in [0.25, 0.3) is 0 Å². The average molecular weight is 625 g/mol. The van der Waals surface area contributed by atoms with Crippen LogP contribution in [-0.2, 0) is 30.3 Å². The van der Waals surface area contributed by atoms with Crippen molar-refractivity contribution >= 4 is 23.5 Å². The average Bonchev–Trinajstić information content (AvgIpc) is 2.97. The van der Waals surface area contributed by atoms with Gasteiger partial charge in [-0.3, -0.25) is 9.59 Å². The largest absolute Gasteiger partial charge is 0.508 e. The molecule has 0 saturated heterocycles. The third-order valence-electron chi connectivity index (χ3n) is 7.75. The van der Waals surface area contributed by atoms with Gasteiger partial charge >= 0.3 is 5.97 Å². The second kappa shape index (κ2) is 19.6. The maximum Gasteiger partial charge on any atom is 0.328 e. The predicted molar refractivity (Wildman–Crippen MR) is 178 cm³/mol. The first-order chi connectivity index (χ1) is 21.4. The van der Waals surface area contributed by atoms with E-state index < -0.39 is 36.2 Å². The highest BCUT2D eigenvalue weighted by Crippen LogP contribution is 2.24. The van der Waals surface area contributed by atoms with E-state index in [0.29, 0.717) is 37.3 Å². The molecule has 5 atom stereocenters. The van der Waals surface area contributed by atoms with Crippen LogP contribution in [0.1, 0.15) is 78.7 Å². The second-order valence-electron chi connectivity index (χ2n) is 12.2. The van der Waals surface area contributed by atoms with Crippen molar-refractivity contribution in [3.63, 3.8) is 0 Å². The van der Waals surface area contributed by atoms with E-state index in [0.717, 1.165) is 24.0 Å². The van der Waals surface area contributed by atoms with Crippen LogP contribution in [0.3, 0.4) is 0 Å². The lowest BCUT2D eigenvalue weighted by Gasteiger charge is -2.29. The number of nitrogens with one attached hydrogen (secondary N) is 2. The summed E-state index contributed by atoms with van der Waals surface area (Å²) in [5, 5.41) is 27.0. The Morgan fingerprint density at radius 3 is 2.56 bits per heavy atom. The maximum atomic E-state index is 13.0. The number of aliphatic hydroxyl groups excluding tert-OH is 1. The van der Waals surface area contributed by atoms with Crippen molar-refractivity contribution in [1.82, 2.24) is 5.32 Å². The minimum absolute atomic E-state index is 0.0435. The number of methoxy groups -OCH3 is 1. The van der Waals surface area contributed by atoms with Crippen LogP contribution in [0.2, 0.25) is 0 Å². The second-order valence-corrected chi connectivity index (χ2v) is 12.2. The number of phenols is 1. The minimum Gasteiger partial charge on any atom is -0.508 e. The first-order valence-corrected chi connectivity index (χ1v) is 15.9. The van der Waals surface area contributed by atoms with Gasteiger partial charge in [0.1, 0.15) is 17.9 Å². The number of ether oxygens (including phenoxy) is 2. The number of carbonyl (C=O) groups excluding carboxylic acids is 3. The topological polar surface area (TPSA) is 134 Å². The molecule has 9 heteroatoms. The van der Waals surface area contributed by atoms with Crippen LogP contribution >= 0.6 is 0 Å². The van der Waals surface area contributed by atoms with Crippen LogP contribution in [-0.4, -0.2) is 59.5 Å². The van der Waals surface area contributed by atoms with E-state index in [2.05, 4.69) is 24.5 Å². The Hall–Kier alpha value is -3.69. The maximum absolute atomic E-state index is 13.0. The molecule has 45 heavy (non-hydrogen) atoms. The molecule has 1 aliphatic rings. The molecule has 1 aromatic carbocycles. The number of phenolic OH excluding ortho intramolecular Hbond substituents is 1. The molecule has 0 radical (unpaired) electrons. The molecule has 0 aromatic heterocycles. The summed E-state index contributed by atoms with van der Waals surface area (Å²) < 4.78 is 11.3. The zero-order valence-electron chi connectivity index (χ0n) is 27.6. The Labute approximate surface area is 268 Å². The molecule has 2 amide bonds. The first-order valence-electron chi connectivity index (χ1n) is 15.9. The summed E-state index contributed by atoms with van der Waals surface area (Å²) in [7, 11) is 1.53. The Bertz CT molecular complexity index is 1230. The third-order valence-corrected chi connectivity index (χ3v) is 7.75. The van der Waals surface area contributed by atoms with Crippen molar-refractivity contribution in [2.24, 2.45) is 11.8 Å². The number of anilines is 1. The molecule has 4 N–H and O–H groups in total. The summed E-state index contributed by atoms with van der Waals surface area (Å²) in [4.78, 5) is 38.0. The summed E-state index contributed by atoms with van der Waals surface area (Å²) in [6, 6.07) is 4.14. The number of fused-ring (bicyclic) bond motifs is 2. The molecule has 2 rings (SSSR count). The summed E-state index contributed by atoms with van der Waals surface area (Å²) >= 11 is 0. The van der Waals surface area contributed by atoms with Gasteiger partial charge in [-0.25, -0.2) is 4.79 Å². The van der Waals surface area contributed by atoms with Gasteiger partial charge in [0.2, 0.25) is 11.8 Å². The molecular weight excluding hydrogens is 572 g/mol. The van der Waals surface area contributed by atoms with E-state index >= 15 is 0 Å². The molecule has 0 saturated carbocycles. The SMILES string of the molecule is CO[C@H]1\C=C/C=C/C=C/C[C@H](OC(=O)[C@@H](C)NC(=O)CCCC(C)C)[C@H](C)[C@@H](O)/C(C)=C\CCc2cc(O)cc(c2)NC(=O)C1. The fourth-order valence-electron chi connectivity index (χ4n) is 4.99. The smallest absolute Gasteiger partial charge is 0.328 e. The predicted octanol–water partition coefficient (Wildman–Crippen LogP) is 5.93. The minimum atomic E-state index is -0.880. The number of hydrogen-bond acceptors (Lipinski definition) is 7. The highest BCUT2D eigenvalue weighted by molar-refractivity contribution is 5.91. The Morgan fingerprint density at radius 1 is 1.11 bits per heavy atom. The molecule has 2 bridgehead atoms. The molecular formula is C36H52N2O7. The van der Waals surface area contributed by atoms with Crippen LogP contribution in [0, 0.1) is 11.8 Å². The van der Waals surface area contributed by atoms with Crippen LogP contribution in [0.5, 0.6) is 5.75 Å². The van der Waals surface area contributed by atoms with Crippen LogP contribution in [0.15, 0.2) is 66.3 Å². The molecule has 0 aliphatic carbocycles. The molecule has 1 heterocycles. The Balaban J connectivity index is 2.25. The van der Waals surface area contributed by atoms with Gasteiger partial charge in [-0.05, 0) is 62.3 Å². The zero-order chi connectivity index (χ0) is 33.4. The van der Waals surface area contributed by atoms with Gasteiger partial charge in [0.15, 0.2) is 0 Å². The summed E-state index contributed by atoms with van der Waals surface area (Å²) in [5.41, 5.74) is 2.05. The zero-order valence-corrected chi connectivity index (χ0v) is 27.6. The number of aromatic hydroxyl groups is 1. The summed E-state index contributed by atoms with van der Waals surface area (Å²) in [6.45, 7) is 9.49. The normalized spacial score (nSPS) is 25.9. The molecule has 0 unspecified atom stereocenters. The number of esters is 1. The molecule has 1 aromatic rings. The van der Waals surface area contributed by atoms with Crippen molar-refractivity contribution in [2.45, 2.75) is 104 Å². The van der Waals surface area contributed by atoms with Crippen LogP contribution < -0.4 is 10.6 Å². The van der Waals surface area contributed by atoms with Crippen molar-refractivity contribution < 1.29 is 34.1 Å². The van der Waals surface area contributed by atoms with E-state index in [1.165, 1.54) is 13.2 Å². The number of aliphatic hydroxyl groups is 1. The fraction of sp³-hybridized carbons (Fsp3) is 0.528. The van der Waals surface area contributed by atoms with Crippen LogP contribution in [0.4, 0.5) is 5.69 Å². The van der Waals surface area contributed by atoms with E-state index in [4.69, 9.17) is 9.47 Å². The van der Waals surface area contributed by atoms with Gasteiger partial charge in [0.25, 0.3) is 0 Å². The van der Waals surface area contributed by atoms with Crippen molar-refractivity contribution in [3.05, 3.63) is 71.9 Å². The number of carbonyl (C=O) groups is 3. The summed E-state index contributed by atoms with van der Waals surface area (Å²) in [5.74, 6) is -0.874. The third kappa shape index (κ3) is 14.3. The van der Waals surface area contributed by atoms with Crippen molar-refractivity contribution in [2.75, 3.05) is 12.4 Å². The number of hydrogen-bond donors (Lipinski definition) is 4. The van der Waals surface area contributed by atoms with E-state index in [1.807, 2.05) is 44.2 Å². The molecule has 248 valence electrons. The quantitative estimate of drug-likeness (QED) is 0.208. The lowest BCUT2D eigenvalue weighted by atomic mass is 9.90. The molecule has 0 spiro atoms. The standard InChI is InChI=1S/C36H52N2O7/c1-24(2)14-12-19-33(40)37-27(5)36(43)45-32-18-11-9-7-8-10-17-31(44-6)23-34(41)38-29-20-28(21-30(39)22-29)16-13-15-25(3)35(42)26(32)4/h7-11,15,17,20-22,24,26-27,31-32,35,39,42H,12-14,16,18-19,23H2,1-6H3,(H,37,40)(H,38,41)/b8-7+,11-9+,17-10-,25-15-/t26-,27+,31-,32-,35-/m0/s1. The number of aryl methyl sites for hydroxylation is 1. The summed E-state index contributed by atoms with van der Waals surface area (Å²) in [6.07, 6.45) is 14.5. The number of benzene rings is 1. The Kier molecular flexibility index (Phi) is 16.4. The monoisotopic (exact) mass is 624 g/mol. The molecule has 9 nitrogen and oxygen atoms in total. The molecule has 1 aliphatic heterocycles. The van der Waals surface area contributed by atoms with Gasteiger partial charge in [-0.15, -0.1) is 0 Å². The lowest BCUT2D eigenvalue weighted by molar-refractivity contribution is -0.156. The van der Waals surface area contributed by atoms with Crippen molar-refractivity contribution in [3.8, 4) is 5.75 Å². The van der Waals surface area contributed by atoms with E-state index in [9.17, 15) is 24.6 Å². The molecule has 0 fully saturated rings. The van der Waals surface area contributed by atoms with Gasteiger partial charge in [-0.2, -0.15) is 0 Å². The van der Waals surface area contributed by atoms with Gasteiger partial charge in [0.05, 0.1) is 18.6 Å². The number of amides is 2. The lowest BCUT2D eigenvalue weighted by Crippen LogP contribution is -2.43. The van der Waals surface area contributed by atoms with E-state index in [1.54, 1.807) is 31.2 Å². The number of rotatable bonds is 8. The van der Waals surface area contributed by atoms with Gasteiger partial charge in [-0.1, -0.05) is 69.7 Å². The highest BCUT2D eigenvalue weighted by Gasteiger charge is 2.29. The Morgan fingerprint density at radius 2 is 1.84 bits per heavy atom. The van der Waals surface area contributed by atoms with Gasteiger partial charge < -0.3 is 30.3 Å². The van der Waals surface area contributed by atoms with Gasteiger partial charge in [0, 0.05) is 37.6 Å². The first kappa shape index (κ1) is 37.5. The van der Waals surface area contributed by atoms with E-state index in [-0.39, 0.29) is 24.0 Å². The van der Waals surface area contributed by atoms with Crippen molar-refractivity contribution in [1.29, 1.82) is 0 Å². The highest BCUT2D eigenvalue weighted by atomic mass is 16.5. The fourth-order valence-corrected chi connectivity index (χ4v) is 4.99. The number of allylic oxidation sites excluding steroid dienone is 5.